The molecule has 106 heavy (non-hydrogen) atoms. The van der Waals surface area contributed by atoms with Gasteiger partial charge in [0.2, 0.25) is 12.7 Å². The van der Waals surface area contributed by atoms with Gasteiger partial charge in [0.05, 0.1) is 141 Å². The summed E-state index contributed by atoms with van der Waals surface area (Å²) >= 11 is 0. The van der Waals surface area contributed by atoms with Crippen LogP contribution >= 0.6 is 0 Å². The number of anilines is 4. The Kier molecular flexibility index (Phi) is 20.2. The number of aromatic nitrogens is 12. The summed E-state index contributed by atoms with van der Waals surface area (Å²) in [6.45, 7) is 10.8. The first-order chi connectivity index (χ1) is 51.7. The number of aromatic hydroxyl groups is 4. The lowest BCUT2D eigenvalue weighted by Crippen LogP contribution is -2.34. The summed E-state index contributed by atoms with van der Waals surface area (Å²) in [4.78, 5) is 4.85. The van der Waals surface area contributed by atoms with Crippen molar-refractivity contribution in [1.29, 1.82) is 0 Å². The van der Waals surface area contributed by atoms with E-state index in [9.17, 15) is 20.4 Å². The minimum atomic E-state index is -0.0108. The molecule has 0 saturated carbocycles. The van der Waals surface area contributed by atoms with Crippen LogP contribution in [0.15, 0.2) is 201 Å². The number of phenolic OH excluding ortho intramolecular Hbond substituents is 4. The second-order valence-electron chi connectivity index (χ2n) is 28.2. The van der Waals surface area contributed by atoms with Gasteiger partial charge in [-0.05, 0) is 74.6 Å². The molecule has 0 aliphatic carbocycles. The smallest absolute Gasteiger partial charge is 0.421 e. The Labute approximate surface area is 614 Å². The minimum Gasteiger partial charge on any atom is -0.506 e. The predicted octanol–water partition coefficient (Wildman–Crippen LogP) is 11.8. The third kappa shape index (κ3) is 14.6. The first-order valence-electron chi connectivity index (χ1n) is 36.9. The molecular weight excluding hydrogens is 1340 g/mol. The monoisotopic (exact) mass is 1430 g/mol. The van der Waals surface area contributed by atoms with Crippen LogP contribution in [0, 0.1) is 0 Å². The number of rotatable bonds is 24. The summed E-state index contributed by atoms with van der Waals surface area (Å²) in [5.41, 5.74) is 22.2. The molecule has 0 radical (unpaired) electrons. The predicted molar refractivity (Wildman–Crippen MR) is 401 cm³/mol. The van der Waals surface area contributed by atoms with E-state index in [2.05, 4.69) is 125 Å². The zero-order valence-corrected chi connectivity index (χ0v) is 60.8. The Bertz CT molecular complexity index is 5030. The lowest BCUT2D eigenvalue weighted by atomic mass is 9.90. The largest absolute Gasteiger partial charge is 0.506 e. The molecule has 10 heterocycles. The molecule has 28 nitrogen and oxygen atoms in total. The van der Waals surface area contributed by atoms with Crippen molar-refractivity contribution in [1.82, 2.24) is 27.4 Å². The Morgan fingerprint density at radius 3 is 1.09 bits per heavy atom. The van der Waals surface area contributed by atoms with Crippen molar-refractivity contribution in [2.45, 2.75) is 129 Å². The molecule has 4 aliphatic heterocycles. The number of nitrogen functional groups attached to an aromatic ring is 2. The standard InChI is InChI=1S/C41H51N12O2.C37H38N12O2/c1-46-21-25-52(40(46)44-42-34-27-30-9-3-15-50-17-5-11-32(36(30)50)38(34)54)19-7-13-48-23-24-49(29-48)14-8-20-53-26-22-47(2)41(53)45-43-35-28-31-10-4-16-51-18-6-12-33(37(31)51)39(35)55;1-44-17-21-48(36(44)42-40-30-23-32(50)34(38)28-11-5-3-9-26(28)30)15-7-13-46-19-20-47(25-46)14-8-16-49-22-18-45(2)37(49)43-41-31-24-33(51)35(39)29-12-6-4-10-27(29)31/h21-29H,3-20H2,1-2H3;3-6,9-12,17-25,38-39H,7-8,13-16H2,1-2H3,(H-,40,41,50,51)/q+1;/p+5. The molecule has 0 bridgehead atoms. The van der Waals surface area contributed by atoms with E-state index in [1.807, 2.05) is 157 Å². The topological polar surface area (TPSA) is 291 Å². The molecule has 0 fully saturated rings. The molecule has 8 N–H and O–H groups in total. The number of imidazole rings is 6. The zero-order valence-electron chi connectivity index (χ0n) is 60.8. The third-order valence-corrected chi connectivity index (χ3v) is 20.9. The number of nitrogens with zero attached hydrogens (tertiary/aromatic N) is 22. The van der Waals surface area contributed by atoms with E-state index < -0.39 is 0 Å². The number of hydrogen-bond acceptors (Lipinski definition) is 16. The molecular formula is C78H94N24O4+6. The molecule has 0 spiro atoms. The van der Waals surface area contributed by atoms with Gasteiger partial charge in [-0.25, -0.2) is 54.8 Å². The van der Waals surface area contributed by atoms with Gasteiger partial charge in [0.1, 0.15) is 70.5 Å². The SMILES string of the molecule is C[n+]1ccn(CCCn2cc[n+](CCCn3cc[n+](C)c3N=Nc3cc(O)c(N)c4ccccc34)c2)c1N=Nc1cc(O)c(N)c2ccccc12.C[n+]1ccn(CCCn2cc[n+](CCCn3cc[n+](C)c3N=Nc3cc4c5c(c3O)CCCN5CCC4)c2)c1N=Nc1cc2c3c(c1O)CCCN3CCC2. The van der Waals surface area contributed by atoms with E-state index in [0.29, 0.717) is 46.0 Å². The van der Waals surface area contributed by atoms with Crippen LogP contribution in [0.4, 0.5) is 69.3 Å². The molecule has 6 aromatic carbocycles. The van der Waals surface area contributed by atoms with Gasteiger partial charge in [-0.1, -0.05) is 69.0 Å². The normalized spacial score (nSPS) is 14.3. The first kappa shape index (κ1) is 69.6. The number of nitrogens with two attached hydrogens (primary N) is 2. The maximum atomic E-state index is 11.2. The maximum Gasteiger partial charge on any atom is 0.421 e. The van der Waals surface area contributed by atoms with Crippen molar-refractivity contribution in [3.63, 3.8) is 0 Å². The molecule has 544 valence electrons. The quantitative estimate of drug-likeness (QED) is 0.0146. The first-order valence-corrected chi connectivity index (χ1v) is 36.9. The zero-order chi connectivity index (χ0) is 73.0. The number of fused-ring (bicyclic) bond motifs is 2. The lowest BCUT2D eigenvalue weighted by Gasteiger charge is -2.37. The summed E-state index contributed by atoms with van der Waals surface area (Å²) in [6, 6.07) is 22.3. The molecule has 0 amide bonds. The fraction of sp³-hybridized carbons (Fsp3) is 0.359. The van der Waals surface area contributed by atoms with Gasteiger partial charge in [-0.15, -0.1) is 0 Å². The van der Waals surface area contributed by atoms with Gasteiger partial charge < -0.3 is 41.7 Å². The van der Waals surface area contributed by atoms with Crippen LogP contribution in [0.25, 0.3) is 21.5 Å². The minimum absolute atomic E-state index is 0.0108. The molecule has 0 saturated heterocycles. The number of benzene rings is 6. The summed E-state index contributed by atoms with van der Waals surface area (Å²) < 4.78 is 25.1. The van der Waals surface area contributed by atoms with E-state index in [0.717, 1.165) is 200 Å². The summed E-state index contributed by atoms with van der Waals surface area (Å²) in [5.74, 6) is 3.47. The number of phenols is 4. The molecule has 6 aromatic heterocycles. The van der Waals surface area contributed by atoms with Crippen molar-refractivity contribution in [3.05, 3.63) is 182 Å². The maximum absolute atomic E-state index is 11.2. The lowest BCUT2D eigenvalue weighted by molar-refractivity contribution is -0.697. The van der Waals surface area contributed by atoms with Crippen molar-refractivity contribution >= 4 is 90.8 Å². The van der Waals surface area contributed by atoms with E-state index in [1.54, 1.807) is 12.1 Å². The molecule has 0 unspecified atom stereocenters. The van der Waals surface area contributed by atoms with Crippen LogP contribution in [0.5, 0.6) is 23.0 Å². The second kappa shape index (κ2) is 30.7. The van der Waals surface area contributed by atoms with Gasteiger partial charge in [0, 0.05) is 128 Å². The average molecular weight is 1430 g/mol. The highest BCUT2D eigenvalue weighted by Crippen LogP contribution is 2.48. The van der Waals surface area contributed by atoms with E-state index in [4.69, 9.17) is 11.5 Å². The van der Waals surface area contributed by atoms with Crippen LogP contribution in [0.2, 0.25) is 0 Å². The van der Waals surface area contributed by atoms with Crippen molar-refractivity contribution in [2.24, 2.45) is 69.1 Å². The molecule has 16 rings (SSSR count). The Balaban J connectivity index is 0.000000170. The Hall–Kier alpha value is -12.1. The molecule has 28 heteroatoms. The van der Waals surface area contributed by atoms with Crippen molar-refractivity contribution < 1.29 is 47.8 Å². The summed E-state index contributed by atoms with van der Waals surface area (Å²) in [5, 5.41) is 82.8. The van der Waals surface area contributed by atoms with E-state index in [-0.39, 0.29) is 23.0 Å². The third-order valence-electron chi connectivity index (χ3n) is 20.9. The van der Waals surface area contributed by atoms with Gasteiger partial charge >= 0.3 is 23.8 Å². The van der Waals surface area contributed by atoms with Crippen LogP contribution in [0.1, 0.15) is 73.6 Å². The summed E-state index contributed by atoms with van der Waals surface area (Å²) in [7, 11) is 7.84. The highest BCUT2D eigenvalue weighted by atomic mass is 16.3. The average Bonchev–Trinajstić information content (AvgIpc) is 0.887. The second-order valence-corrected chi connectivity index (χ2v) is 28.2. The Morgan fingerprint density at radius 2 is 0.717 bits per heavy atom. The van der Waals surface area contributed by atoms with Crippen LogP contribution in [0.3, 0.4) is 0 Å². The van der Waals surface area contributed by atoms with Gasteiger partial charge in [0.25, 0.3) is 0 Å². The number of hydrogen-bond donors (Lipinski definition) is 6. The fourth-order valence-electron chi connectivity index (χ4n) is 15.5. The van der Waals surface area contributed by atoms with Crippen LogP contribution in [-0.4, -0.2) is 74.0 Å². The Morgan fingerprint density at radius 1 is 0.377 bits per heavy atom. The molecule has 12 aromatic rings. The van der Waals surface area contributed by atoms with Crippen molar-refractivity contribution in [3.8, 4) is 23.0 Å². The number of aryl methyl sites for hydroxylation is 14. The highest BCUT2D eigenvalue weighted by Gasteiger charge is 2.31. The van der Waals surface area contributed by atoms with Gasteiger partial charge in [-0.3, -0.25) is 0 Å². The van der Waals surface area contributed by atoms with Crippen molar-refractivity contribution in [2.75, 3.05) is 47.4 Å². The highest BCUT2D eigenvalue weighted by molar-refractivity contribution is 6.03. The van der Waals surface area contributed by atoms with Crippen LogP contribution < -0.4 is 48.7 Å². The van der Waals surface area contributed by atoms with Crippen LogP contribution in [-0.2, 0) is 106 Å². The summed E-state index contributed by atoms with van der Waals surface area (Å²) in [6.07, 6.45) is 40.7. The fourth-order valence-corrected chi connectivity index (χ4v) is 15.5. The van der Waals surface area contributed by atoms with Gasteiger partial charge in [0.15, 0.2) is 0 Å². The molecule has 4 aliphatic rings. The number of azo groups is 4. The molecule has 0 atom stereocenters. The van der Waals surface area contributed by atoms with E-state index >= 15 is 0 Å². The van der Waals surface area contributed by atoms with Gasteiger partial charge in [-0.2, -0.15) is 0 Å². The van der Waals surface area contributed by atoms with E-state index in [1.165, 1.54) is 22.5 Å².